The Morgan fingerprint density at radius 1 is 1.00 bits per heavy atom. The molecule has 1 N–H and O–H groups in total. The van der Waals surface area contributed by atoms with Gasteiger partial charge in [0.15, 0.2) is 23.0 Å². The highest BCUT2D eigenvalue weighted by molar-refractivity contribution is 5.84. The Bertz CT molecular complexity index is 1610. The molecular formula is C33H30N2O7. The summed E-state index contributed by atoms with van der Waals surface area (Å²) in [4.78, 5) is 4.60. The van der Waals surface area contributed by atoms with E-state index in [-0.39, 0.29) is 24.8 Å². The molecule has 0 aliphatic carbocycles. The maximum Gasteiger partial charge on any atom is 0.238 e. The molecule has 0 radical (unpaired) electrons. The second kappa shape index (κ2) is 13.5. The Kier molecular flexibility index (Phi) is 9.19. The average Bonchev–Trinajstić information content (AvgIpc) is 3.49. The Hall–Kier alpha value is -5.04. The van der Waals surface area contributed by atoms with Crippen LogP contribution in [0.1, 0.15) is 22.4 Å². The van der Waals surface area contributed by atoms with Crippen LogP contribution in [0.4, 0.5) is 0 Å². The number of pyridine rings is 1. The number of fused-ring (bicyclic) bond motifs is 1. The third-order valence-electron chi connectivity index (χ3n) is 6.50. The highest BCUT2D eigenvalue weighted by Gasteiger charge is 2.22. The molecular weight excluding hydrogens is 536 g/mol. The fraction of sp³-hybridized carbons (Fsp3) is 0.212. The lowest BCUT2D eigenvalue weighted by Crippen LogP contribution is -2.08. The molecule has 0 fully saturated rings. The molecule has 42 heavy (non-hydrogen) atoms. The molecule has 0 saturated carbocycles. The van der Waals surface area contributed by atoms with Gasteiger partial charge in [-0.1, -0.05) is 48.6 Å². The summed E-state index contributed by atoms with van der Waals surface area (Å²) in [5.41, 5.74) is 3.84. The number of hydrogen-bond donors (Lipinski definition) is 1. The van der Waals surface area contributed by atoms with E-state index in [1.807, 2.05) is 49.4 Å². The van der Waals surface area contributed by atoms with Crippen molar-refractivity contribution in [2.75, 3.05) is 33.7 Å². The van der Waals surface area contributed by atoms with E-state index in [9.17, 15) is 10.4 Å². The first-order valence-corrected chi connectivity index (χ1v) is 13.3. The second-order valence-corrected chi connectivity index (χ2v) is 9.23. The van der Waals surface area contributed by atoms with Crippen molar-refractivity contribution in [2.24, 2.45) is 0 Å². The van der Waals surface area contributed by atoms with Gasteiger partial charge in [-0.3, -0.25) is 0 Å². The van der Waals surface area contributed by atoms with Crippen LogP contribution >= 0.6 is 0 Å². The lowest BCUT2D eigenvalue weighted by atomic mass is 9.94. The number of aryl methyl sites for hydroxylation is 1. The van der Waals surface area contributed by atoms with E-state index in [4.69, 9.17) is 28.4 Å². The molecule has 214 valence electrons. The summed E-state index contributed by atoms with van der Waals surface area (Å²) in [5, 5.41) is 19.8. The van der Waals surface area contributed by atoms with E-state index in [1.54, 1.807) is 43.5 Å². The van der Waals surface area contributed by atoms with Crippen LogP contribution in [-0.2, 0) is 11.3 Å². The molecule has 9 nitrogen and oxygen atoms in total. The van der Waals surface area contributed by atoms with E-state index >= 15 is 0 Å². The van der Waals surface area contributed by atoms with Crippen molar-refractivity contribution in [3.63, 3.8) is 0 Å². The van der Waals surface area contributed by atoms with Gasteiger partial charge in [-0.05, 0) is 42.3 Å². The van der Waals surface area contributed by atoms with Crippen LogP contribution in [0.25, 0.3) is 17.2 Å². The summed E-state index contributed by atoms with van der Waals surface area (Å²) < 4.78 is 34.3. The van der Waals surface area contributed by atoms with Crippen LogP contribution in [0.5, 0.6) is 34.6 Å². The van der Waals surface area contributed by atoms with Gasteiger partial charge in [0.2, 0.25) is 12.7 Å². The van der Waals surface area contributed by atoms with Gasteiger partial charge in [-0.2, -0.15) is 5.26 Å². The highest BCUT2D eigenvalue weighted by Crippen LogP contribution is 2.41. The fourth-order valence-electron chi connectivity index (χ4n) is 4.51. The maximum atomic E-state index is 10.3. The molecule has 0 spiro atoms. The van der Waals surface area contributed by atoms with Crippen molar-refractivity contribution >= 4 is 6.08 Å². The number of benzene rings is 3. The van der Waals surface area contributed by atoms with Crippen molar-refractivity contribution in [1.82, 2.24) is 4.98 Å². The van der Waals surface area contributed by atoms with Crippen molar-refractivity contribution in [1.29, 1.82) is 5.26 Å². The van der Waals surface area contributed by atoms with Crippen molar-refractivity contribution in [3.05, 3.63) is 95.2 Å². The second-order valence-electron chi connectivity index (χ2n) is 9.23. The van der Waals surface area contributed by atoms with Crippen molar-refractivity contribution in [3.8, 4) is 51.8 Å². The standard InChI is InChI=1S/C33H30N2O7/c1-22-26(9-6-14-36)32(27(19-34)33(35-22)42-25-11-13-29-31(18-25)41-21-40-29)24-10-12-28(37-2)30(17-24)39-16-15-38-20-23-7-4-3-5-8-23/h3-13,17-18,36H,14-16,20-21H2,1-2H3. The minimum Gasteiger partial charge on any atom is -0.493 e. The van der Waals surface area contributed by atoms with E-state index in [0.717, 1.165) is 5.56 Å². The van der Waals surface area contributed by atoms with Crippen LogP contribution < -0.4 is 23.7 Å². The summed E-state index contributed by atoms with van der Waals surface area (Å²) in [7, 11) is 1.57. The summed E-state index contributed by atoms with van der Waals surface area (Å²) >= 11 is 0. The summed E-state index contributed by atoms with van der Waals surface area (Å²) in [6.45, 7) is 2.93. The van der Waals surface area contributed by atoms with E-state index in [1.165, 1.54) is 0 Å². The number of nitriles is 1. The number of aliphatic hydroxyl groups is 1. The average molecular weight is 567 g/mol. The Labute approximate surface area is 244 Å². The topological polar surface area (TPSA) is 112 Å². The van der Waals surface area contributed by atoms with Gasteiger partial charge in [-0.25, -0.2) is 4.98 Å². The first-order valence-electron chi connectivity index (χ1n) is 13.3. The third-order valence-corrected chi connectivity index (χ3v) is 6.50. The summed E-state index contributed by atoms with van der Waals surface area (Å²) in [5.74, 6) is 2.78. The Morgan fingerprint density at radius 2 is 1.83 bits per heavy atom. The number of aliphatic hydroxyl groups excluding tert-OH is 1. The van der Waals surface area contributed by atoms with Crippen LogP contribution in [0, 0.1) is 18.3 Å². The van der Waals surface area contributed by atoms with Crippen LogP contribution in [-0.4, -0.2) is 43.8 Å². The molecule has 0 saturated heterocycles. The number of aromatic nitrogens is 1. The quantitative estimate of drug-likeness (QED) is 0.205. The smallest absolute Gasteiger partial charge is 0.238 e. The maximum absolute atomic E-state index is 10.3. The van der Waals surface area contributed by atoms with E-state index in [0.29, 0.717) is 71.0 Å². The van der Waals surface area contributed by atoms with Gasteiger partial charge in [0.1, 0.15) is 24.0 Å². The molecule has 9 heteroatoms. The van der Waals surface area contributed by atoms with Crippen LogP contribution in [0.2, 0.25) is 0 Å². The molecule has 0 atom stereocenters. The minimum atomic E-state index is -0.170. The molecule has 5 rings (SSSR count). The Morgan fingerprint density at radius 3 is 2.62 bits per heavy atom. The molecule has 1 aliphatic rings. The molecule has 3 aromatic carbocycles. The molecule has 0 bridgehead atoms. The lowest BCUT2D eigenvalue weighted by Gasteiger charge is -2.18. The number of hydrogen-bond acceptors (Lipinski definition) is 9. The molecule has 4 aromatic rings. The summed E-state index contributed by atoms with van der Waals surface area (Å²) in [6, 6.07) is 22.8. The van der Waals surface area contributed by atoms with E-state index in [2.05, 4.69) is 11.1 Å². The fourth-order valence-corrected chi connectivity index (χ4v) is 4.51. The Balaban J connectivity index is 1.46. The zero-order valence-electron chi connectivity index (χ0n) is 23.3. The van der Waals surface area contributed by atoms with Crippen molar-refractivity contribution < 1.29 is 33.5 Å². The number of nitrogens with zero attached hydrogens (tertiary/aromatic N) is 2. The van der Waals surface area contributed by atoms with Gasteiger partial charge in [0.05, 0.1) is 26.9 Å². The molecule has 1 aromatic heterocycles. The normalized spacial score (nSPS) is 11.9. The van der Waals surface area contributed by atoms with Gasteiger partial charge in [0.25, 0.3) is 0 Å². The lowest BCUT2D eigenvalue weighted by molar-refractivity contribution is 0.0880. The number of rotatable bonds is 12. The first kappa shape index (κ1) is 28.5. The molecule has 0 amide bonds. The SMILES string of the molecule is COc1ccc(-c2c(C#N)c(Oc3ccc4c(c3)OCO4)nc(C)c2C=CCO)cc1OCCOCc1ccccc1. The predicted octanol–water partition coefficient (Wildman–Crippen LogP) is 6.06. The number of ether oxygens (including phenoxy) is 6. The highest BCUT2D eigenvalue weighted by atomic mass is 16.7. The van der Waals surface area contributed by atoms with Gasteiger partial charge >= 0.3 is 0 Å². The zero-order chi connectivity index (χ0) is 29.3. The van der Waals surface area contributed by atoms with Gasteiger partial charge in [0, 0.05) is 22.9 Å². The molecule has 2 heterocycles. The minimum absolute atomic E-state index is 0.136. The first-order chi connectivity index (χ1) is 20.6. The van der Waals surface area contributed by atoms with Gasteiger partial charge in [-0.15, -0.1) is 0 Å². The van der Waals surface area contributed by atoms with Gasteiger partial charge < -0.3 is 33.5 Å². The summed E-state index contributed by atoms with van der Waals surface area (Å²) in [6.07, 6.45) is 3.34. The molecule has 1 aliphatic heterocycles. The van der Waals surface area contributed by atoms with Crippen LogP contribution in [0.3, 0.4) is 0 Å². The third kappa shape index (κ3) is 6.47. The van der Waals surface area contributed by atoms with Crippen molar-refractivity contribution in [2.45, 2.75) is 13.5 Å². The van der Waals surface area contributed by atoms with Crippen LogP contribution in [0.15, 0.2) is 72.8 Å². The molecule has 0 unspecified atom stereocenters. The predicted molar refractivity (Wildman–Crippen MR) is 156 cm³/mol. The van der Waals surface area contributed by atoms with E-state index < -0.39 is 0 Å². The zero-order valence-corrected chi connectivity index (χ0v) is 23.3. The largest absolute Gasteiger partial charge is 0.493 e. The number of methoxy groups -OCH3 is 1. The monoisotopic (exact) mass is 566 g/mol.